The van der Waals surface area contributed by atoms with E-state index in [1.807, 2.05) is 12.1 Å². The smallest absolute Gasteiger partial charge is 0.236 e. The van der Waals surface area contributed by atoms with Crippen molar-refractivity contribution in [3.63, 3.8) is 0 Å². The van der Waals surface area contributed by atoms with E-state index in [0.29, 0.717) is 16.5 Å². The Kier molecular flexibility index (Phi) is 4.73. The van der Waals surface area contributed by atoms with E-state index in [9.17, 15) is 13.2 Å². The highest BCUT2D eigenvalue weighted by molar-refractivity contribution is 7.92. The molecule has 1 N–H and O–H groups in total. The molecule has 1 amide bonds. The number of rotatable bonds is 5. The Morgan fingerprint density at radius 1 is 1.20 bits per heavy atom. The van der Waals surface area contributed by atoms with Gasteiger partial charge in [0.25, 0.3) is 0 Å². The molecule has 0 saturated heterocycles. The molecule has 3 aromatic rings. The van der Waals surface area contributed by atoms with Gasteiger partial charge in [-0.25, -0.2) is 8.42 Å². The molecular formula is C16H15ClN4O3S. The van der Waals surface area contributed by atoms with Crippen molar-refractivity contribution in [1.29, 1.82) is 0 Å². The number of fused-ring (bicyclic) bond motifs is 1. The number of amides is 1. The van der Waals surface area contributed by atoms with Crippen molar-refractivity contribution in [3.05, 3.63) is 59.5 Å². The molecule has 1 aromatic carbocycles. The average molecular weight is 379 g/mol. The summed E-state index contributed by atoms with van der Waals surface area (Å²) in [6.45, 7) is 1.72. The normalized spacial score (nSPS) is 12.9. The van der Waals surface area contributed by atoms with Gasteiger partial charge in [0.05, 0.1) is 10.9 Å². The molecule has 0 spiro atoms. The first-order valence-electron chi connectivity index (χ1n) is 7.44. The Bertz CT molecular complexity index is 1020. The van der Waals surface area contributed by atoms with Crippen LogP contribution in [0.15, 0.2) is 53.6 Å². The van der Waals surface area contributed by atoms with Gasteiger partial charge in [0.1, 0.15) is 5.75 Å². The molecule has 25 heavy (non-hydrogen) atoms. The van der Waals surface area contributed by atoms with Gasteiger partial charge >= 0.3 is 0 Å². The van der Waals surface area contributed by atoms with Crippen LogP contribution < -0.4 is 5.32 Å². The second-order valence-corrected chi connectivity index (χ2v) is 7.92. The van der Waals surface area contributed by atoms with Gasteiger partial charge in [-0.1, -0.05) is 17.7 Å². The Morgan fingerprint density at radius 3 is 2.64 bits per heavy atom. The number of benzene rings is 1. The predicted octanol–water partition coefficient (Wildman–Crippen LogP) is 2.03. The Morgan fingerprint density at radius 2 is 1.92 bits per heavy atom. The van der Waals surface area contributed by atoms with Gasteiger partial charge in [-0.2, -0.15) is 0 Å². The molecule has 1 atom stereocenters. The van der Waals surface area contributed by atoms with E-state index < -0.39 is 27.5 Å². The molecule has 0 fully saturated rings. The van der Waals surface area contributed by atoms with Crippen LogP contribution in [0, 0.1) is 0 Å². The zero-order chi connectivity index (χ0) is 18.0. The summed E-state index contributed by atoms with van der Waals surface area (Å²) in [5.41, 5.74) is 0.646. The molecule has 1 unspecified atom stereocenters. The Hall–Kier alpha value is -2.45. The van der Waals surface area contributed by atoms with Crippen molar-refractivity contribution >= 4 is 33.0 Å². The van der Waals surface area contributed by atoms with Gasteiger partial charge < -0.3 is 5.32 Å². The molecule has 130 valence electrons. The van der Waals surface area contributed by atoms with E-state index in [-0.39, 0.29) is 4.90 Å². The molecule has 0 aliphatic rings. The molecule has 0 radical (unpaired) electrons. The van der Waals surface area contributed by atoms with Crippen molar-refractivity contribution in [2.75, 3.05) is 5.75 Å². The molecule has 0 aliphatic carbocycles. The molecule has 2 aromatic heterocycles. The van der Waals surface area contributed by atoms with Crippen LogP contribution in [0.5, 0.6) is 0 Å². The van der Waals surface area contributed by atoms with Gasteiger partial charge in [0.2, 0.25) is 5.91 Å². The minimum absolute atomic E-state index is 0.0487. The second-order valence-electron chi connectivity index (χ2n) is 5.49. The van der Waals surface area contributed by atoms with Crippen LogP contribution in [0.4, 0.5) is 0 Å². The molecule has 0 aliphatic heterocycles. The van der Waals surface area contributed by atoms with Crippen molar-refractivity contribution in [2.24, 2.45) is 0 Å². The van der Waals surface area contributed by atoms with Crippen LogP contribution in [0.25, 0.3) is 5.65 Å². The van der Waals surface area contributed by atoms with Gasteiger partial charge in [-0.15, -0.1) is 10.2 Å². The fourth-order valence-corrected chi connectivity index (χ4v) is 3.67. The minimum Gasteiger partial charge on any atom is -0.345 e. The van der Waals surface area contributed by atoms with Crippen LogP contribution in [0.3, 0.4) is 0 Å². The van der Waals surface area contributed by atoms with E-state index >= 15 is 0 Å². The summed E-state index contributed by atoms with van der Waals surface area (Å²) in [4.78, 5) is 12.2. The third-order valence-electron chi connectivity index (χ3n) is 3.60. The van der Waals surface area contributed by atoms with E-state index in [2.05, 4.69) is 15.5 Å². The zero-order valence-corrected chi connectivity index (χ0v) is 14.8. The van der Waals surface area contributed by atoms with E-state index in [1.54, 1.807) is 23.6 Å². The number of carbonyl (C=O) groups excluding carboxylic acids is 1. The number of pyridine rings is 1. The van der Waals surface area contributed by atoms with Crippen LogP contribution in [0.2, 0.25) is 5.02 Å². The van der Waals surface area contributed by atoms with Crippen molar-refractivity contribution in [3.8, 4) is 0 Å². The predicted molar refractivity (Wildman–Crippen MR) is 93.0 cm³/mol. The van der Waals surface area contributed by atoms with Gasteiger partial charge in [0.15, 0.2) is 21.3 Å². The number of nitrogens with zero attached hydrogens (tertiary/aromatic N) is 3. The quantitative estimate of drug-likeness (QED) is 0.733. The number of carbonyl (C=O) groups is 1. The topological polar surface area (TPSA) is 93.4 Å². The summed E-state index contributed by atoms with van der Waals surface area (Å²) in [7, 11) is -3.75. The molecule has 0 saturated carbocycles. The van der Waals surface area contributed by atoms with Gasteiger partial charge in [-0.05, 0) is 43.3 Å². The van der Waals surface area contributed by atoms with Crippen molar-refractivity contribution in [2.45, 2.75) is 17.9 Å². The highest BCUT2D eigenvalue weighted by Gasteiger charge is 2.22. The number of hydrogen-bond donors (Lipinski definition) is 1. The monoisotopic (exact) mass is 378 g/mol. The van der Waals surface area contributed by atoms with Crippen molar-refractivity contribution < 1.29 is 13.2 Å². The van der Waals surface area contributed by atoms with Crippen LogP contribution in [0.1, 0.15) is 18.8 Å². The Labute approximate surface area is 149 Å². The largest absolute Gasteiger partial charge is 0.345 e. The molecule has 9 heteroatoms. The minimum atomic E-state index is -3.75. The first-order valence-corrected chi connectivity index (χ1v) is 9.47. The maximum absolute atomic E-state index is 12.3. The standard InChI is InChI=1S/C16H15ClN4O3S/c1-11(16-20-19-14-4-2-3-9-21(14)16)18-15(22)10-25(23,24)13-7-5-12(17)6-8-13/h2-9,11H,10H2,1H3,(H,18,22). The summed E-state index contributed by atoms with van der Waals surface area (Å²) in [5.74, 6) is -0.752. The summed E-state index contributed by atoms with van der Waals surface area (Å²) < 4.78 is 26.3. The number of nitrogens with one attached hydrogen (secondary N) is 1. The molecule has 7 nitrogen and oxygen atoms in total. The highest BCUT2D eigenvalue weighted by atomic mass is 35.5. The lowest BCUT2D eigenvalue weighted by Gasteiger charge is -2.12. The lowest BCUT2D eigenvalue weighted by molar-refractivity contribution is -0.119. The number of halogens is 1. The number of sulfone groups is 1. The van der Waals surface area contributed by atoms with Gasteiger partial charge in [-0.3, -0.25) is 9.20 Å². The third-order valence-corrected chi connectivity index (χ3v) is 5.48. The maximum atomic E-state index is 12.3. The Balaban J connectivity index is 1.72. The first-order chi connectivity index (χ1) is 11.9. The van der Waals surface area contributed by atoms with Crippen LogP contribution in [-0.4, -0.2) is 34.7 Å². The third kappa shape index (κ3) is 3.80. The van der Waals surface area contributed by atoms with E-state index in [0.717, 1.165) is 0 Å². The number of aromatic nitrogens is 3. The van der Waals surface area contributed by atoms with E-state index in [1.165, 1.54) is 24.3 Å². The fraction of sp³-hybridized carbons (Fsp3) is 0.188. The SMILES string of the molecule is CC(NC(=O)CS(=O)(=O)c1ccc(Cl)cc1)c1nnc2ccccn12. The summed E-state index contributed by atoms with van der Waals surface area (Å²) in [6, 6.07) is 10.6. The van der Waals surface area contributed by atoms with E-state index in [4.69, 9.17) is 11.6 Å². The zero-order valence-electron chi connectivity index (χ0n) is 13.3. The van der Waals surface area contributed by atoms with Crippen LogP contribution >= 0.6 is 11.6 Å². The van der Waals surface area contributed by atoms with Crippen molar-refractivity contribution in [1.82, 2.24) is 19.9 Å². The maximum Gasteiger partial charge on any atom is 0.236 e. The second kappa shape index (κ2) is 6.81. The lowest BCUT2D eigenvalue weighted by atomic mass is 10.3. The average Bonchev–Trinajstić information content (AvgIpc) is 2.98. The summed E-state index contributed by atoms with van der Waals surface area (Å²) >= 11 is 5.75. The highest BCUT2D eigenvalue weighted by Crippen LogP contribution is 2.16. The van der Waals surface area contributed by atoms with Crippen LogP contribution in [-0.2, 0) is 14.6 Å². The molecular weight excluding hydrogens is 364 g/mol. The summed E-state index contributed by atoms with van der Waals surface area (Å²) in [6.07, 6.45) is 1.78. The molecule has 0 bridgehead atoms. The van der Waals surface area contributed by atoms with Gasteiger partial charge in [0, 0.05) is 11.2 Å². The number of hydrogen-bond acceptors (Lipinski definition) is 5. The fourth-order valence-electron chi connectivity index (χ4n) is 2.40. The lowest BCUT2D eigenvalue weighted by Crippen LogP contribution is -2.33. The summed E-state index contributed by atoms with van der Waals surface area (Å²) in [5, 5.41) is 11.1. The first kappa shape index (κ1) is 17.4. The molecule has 2 heterocycles. The molecule has 3 rings (SSSR count).